The average Bonchev–Trinajstić information content (AvgIpc) is 2.40. The van der Waals surface area contributed by atoms with E-state index in [1.165, 1.54) is 48.8 Å². The number of pyridine rings is 1. The second kappa shape index (κ2) is 4.41. The molecule has 2 rings (SSSR count). The summed E-state index contributed by atoms with van der Waals surface area (Å²) in [4.78, 5) is 14.1. The summed E-state index contributed by atoms with van der Waals surface area (Å²) < 4.78 is 28.0. The van der Waals surface area contributed by atoms with Gasteiger partial charge in [-0.15, -0.1) is 0 Å². The minimum atomic E-state index is -3.08. The Morgan fingerprint density at radius 1 is 0.941 bits per heavy atom. The number of halogens is 2. The Bertz CT molecular complexity index is 509. The average molecular weight is 233 g/mol. The van der Waals surface area contributed by atoms with Crippen LogP contribution in [0, 0.1) is 0 Å². The van der Waals surface area contributed by atoms with E-state index in [1.54, 1.807) is 0 Å². The summed E-state index contributed by atoms with van der Waals surface area (Å²) in [7, 11) is 0. The van der Waals surface area contributed by atoms with Crippen LogP contribution in [-0.2, 0) is 5.92 Å². The number of hydrogen-bond acceptors (Lipinski definition) is 2. The van der Waals surface area contributed by atoms with Crippen molar-refractivity contribution < 1.29 is 13.6 Å². The summed E-state index contributed by atoms with van der Waals surface area (Å²) in [5, 5.41) is 0. The molecular weight excluding hydrogens is 224 g/mol. The van der Waals surface area contributed by atoms with E-state index in [4.69, 9.17) is 0 Å². The molecule has 1 aromatic heterocycles. The molecule has 17 heavy (non-hydrogen) atoms. The van der Waals surface area contributed by atoms with Gasteiger partial charge in [0, 0.05) is 29.1 Å². The van der Waals surface area contributed by atoms with Gasteiger partial charge in [0.1, 0.15) is 6.29 Å². The van der Waals surface area contributed by atoms with Crippen molar-refractivity contribution in [1.29, 1.82) is 0 Å². The molecule has 0 N–H and O–H groups in total. The SMILES string of the molecule is O=Cc1ccc(C(F)(F)c2ccncc2)cc1. The first kappa shape index (κ1) is 11.4. The van der Waals surface area contributed by atoms with Crippen LogP contribution in [0.3, 0.4) is 0 Å². The van der Waals surface area contributed by atoms with Crippen LogP contribution in [0.4, 0.5) is 8.78 Å². The van der Waals surface area contributed by atoms with Gasteiger partial charge >= 0.3 is 0 Å². The molecule has 0 aliphatic carbocycles. The highest BCUT2D eigenvalue weighted by atomic mass is 19.3. The van der Waals surface area contributed by atoms with E-state index in [0.29, 0.717) is 11.8 Å². The predicted molar refractivity (Wildman–Crippen MR) is 59.1 cm³/mol. The molecule has 0 amide bonds. The number of carbonyl (C=O) groups excluding carboxylic acids is 1. The first-order chi connectivity index (χ1) is 8.14. The second-order valence-corrected chi connectivity index (χ2v) is 3.55. The topological polar surface area (TPSA) is 30.0 Å². The van der Waals surface area contributed by atoms with Gasteiger partial charge in [-0.3, -0.25) is 9.78 Å². The van der Waals surface area contributed by atoms with Crippen molar-refractivity contribution in [2.24, 2.45) is 0 Å². The summed E-state index contributed by atoms with van der Waals surface area (Å²) in [6, 6.07) is 7.80. The molecule has 0 radical (unpaired) electrons. The number of nitrogens with zero attached hydrogens (tertiary/aromatic N) is 1. The monoisotopic (exact) mass is 233 g/mol. The molecule has 0 saturated heterocycles. The molecule has 0 saturated carbocycles. The summed E-state index contributed by atoms with van der Waals surface area (Å²) in [6.07, 6.45) is 3.26. The number of aldehydes is 1. The van der Waals surface area contributed by atoms with Crippen molar-refractivity contribution in [2.45, 2.75) is 5.92 Å². The van der Waals surface area contributed by atoms with Gasteiger partial charge in [-0.05, 0) is 12.1 Å². The Morgan fingerprint density at radius 3 is 2.00 bits per heavy atom. The van der Waals surface area contributed by atoms with Gasteiger partial charge in [0.2, 0.25) is 0 Å². The van der Waals surface area contributed by atoms with Crippen molar-refractivity contribution in [1.82, 2.24) is 4.98 Å². The zero-order valence-corrected chi connectivity index (χ0v) is 8.81. The van der Waals surface area contributed by atoms with Gasteiger partial charge in [-0.25, -0.2) is 0 Å². The molecule has 2 aromatic rings. The molecule has 86 valence electrons. The molecule has 0 atom stereocenters. The summed E-state index contributed by atoms with van der Waals surface area (Å²) in [5.41, 5.74) is 0.111. The van der Waals surface area contributed by atoms with Crippen LogP contribution in [-0.4, -0.2) is 11.3 Å². The molecule has 0 unspecified atom stereocenters. The van der Waals surface area contributed by atoms with Crippen LogP contribution in [0.5, 0.6) is 0 Å². The highest BCUT2D eigenvalue weighted by molar-refractivity contribution is 5.74. The molecule has 0 bridgehead atoms. The first-order valence-corrected chi connectivity index (χ1v) is 4.98. The number of carbonyl (C=O) groups is 1. The Kier molecular flexibility index (Phi) is 2.95. The Hall–Kier alpha value is -2.10. The number of benzene rings is 1. The minimum Gasteiger partial charge on any atom is -0.298 e. The largest absolute Gasteiger partial charge is 0.298 e. The molecule has 1 heterocycles. The van der Waals surface area contributed by atoms with Crippen molar-refractivity contribution >= 4 is 6.29 Å². The van der Waals surface area contributed by atoms with Crippen LogP contribution >= 0.6 is 0 Å². The smallest absolute Gasteiger partial charge is 0.298 e. The van der Waals surface area contributed by atoms with E-state index < -0.39 is 5.92 Å². The number of alkyl halides is 2. The van der Waals surface area contributed by atoms with Gasteiger partial charge in [0.15, 0.2) is 0 Å². The van der Waals surface area contributed by atoms with Gasteiger partial charge in [-0.2, -0.15) is 8.78 Å². The van der Waals surface area contributed by atoms with E-state index in [2.05, 4.69) is 4.98 Å². The lowest BCUT2D eigenvalue weighted by Gasteiger charge is -2.16. The summed E-state index contributed by atoms with van der Waals surface area (Å²) in [5.74, 6) is -3.08. The lowest BCUT2D eigenvalue weighted by atomic mass is 10.0. The maximum Gasteiger partial charge on any atom is 0.298 e. The van der Waals surface area contributed by atoms with E-state index >= 15 is 0 Å². The number of aromatic nitrogens is 1. The van der Waals surface area contributed by atoms with Crippen molar-refractivity contribution in [3.8, 4) is 0 Å². The number of rotatable bonds is 3. The number of hydrogen-bond donors (Lipinski definition) is 0. The second-order valence-electron chi connectivity index (χ2n) is 3.55. The van der Waals surface area contributed by atoms with E-state index in [-0.39, 0.29) is 11.1 Å². The van der Waals surface area contributed by atoms with Crippen LogP contribution < -0.4 is 0 Å². The predicted octanol–water partition coefficient (Wildman–Crippen LogP) is 3.03. The summed E-state index contributed by atoms with van der Waals surface area (Å²) >= 11 is 0. The normalized spacial score (nSPS) is 11.2. The molecular formula is C13H9F2NO. The molecule has 0 aliphatic heterocycles. The third kappa shape index (κ3) is 2.20. The quantitative estimate of drug-likeness (QED) is 0.763. The lowest BCUT2D eigenvalue weighted by Crippen LogP contribution is -2.15. The molecule has 4 heteroatoms. The Labute approximate surface area is 96.9 Å². The minimum absolute atomic E-state index is 0.119. The third-order valence-electron chi connectivity index (χ3n) is 2.45. The molecule has 0 fully saturated rings. The van der Waals surface area contributed by atoms with Crippen LogP contribution in [0.2, 0.25) is 0 Å². The highest BCUT2D eigenvalue weighted by Gasteiger charge is 2.33. The fourth-order valence-electron chi connectivity index (χ4n) is 1.50. The maximum absolute atomic E-state index is 14.0. The van der Waals surface area contributed by atoms with E-state index in [9.17, 15) is 13.6 Å². The van der Waals surface area contributed by atoms with Gasteiger partial charge in [0.25, 0.3) is 5.92 Å². The lowest BCUT2D eigenvalue weighted by molar-refractivity contribution is 0.0427. The first-order valence-electron chi connectivity index (χ1n) is 4.98. The van der Waals surface area contributed by atoms with Crippen LogP contribution in [0.1, 0.15) is 21.5 Å². The standard InChI is InChI=1S/C13H9F2NO/c14-13(15,12-5-7-16-8-6-12)11-3-1-10(9-17)2-4-11/h1-9H. The highest BCUT2D eigenvalue weighted by Crippen LogP contribution is 2.34. The van der Waals surface area contributed by atoms with Gasteiger partial charge in [-0.1, -0.05) is 24.3 Å². The zero-order valence-electron chi connectivity index (χ0n) is 8.81. The molecule has 0 aliphatic rings. The third-order valence-corrected chi connectivity index (χ3v) is 2.45. The molecule has 2 nitrogen and oxygen atoms in total. The molecule has 0 spiro atoms. The summed E-state index contributed by atoms with van der Waals surface area (Å²) in [6.45, 7) is 0. The van der Waals surface area contributed by atoms with Crippen molar-refractivity contribution in [3.63, 3.8) is 0 Å². The van der Waals surface area contributed by atoms with Gasteiger partial charge < -0.3 is 0 Å². The zero-order chi connectivity index (χ0) is 12.3. The fraction of sp³-hybridized carbons (Fsp3) is 0.0769. The molecule has 1 aromatic carbocycles. The Morgan fingerprint density at radius 2 is 1.47 bits per heavy atom. The fourth-order valence-corrected chi connectivity index (χ4v) is 1.50. The van der Waals surface area contributed by atoms with E-state index in [0.717, 1.165) is 0 Å². The van der Waals surface area contributed by atoms with Crippen molar-refractivity contribution in [3.05, 3.63) is 65.5 Å². The van der Waals surface area contributed by atoms with Crippen LogP contribution in [0.15, 0.2) is 48.8 Å². The van der Waals surface area contributed by atoms with Crippen LogP contribution in [0.25, 0.3) is 0 Å². The van der Waals surface area contributed by atoms with Crippen molar-refractivity contribution in [2.75, 3.05) is 0 Å². The Balaban J connectivity index is 2.40. The van der Waals surface area contributed by atoms with E-state index in [1.807, 2.05) is 0 Å². The van der Waals surface area contributed by atoms with Gasteiger partial charge in [0.05, 0.1) is 0 Å². The maximum atomic E-state index is 14.0.